The Morgan fingerprint density at radius 2 is 2.08 bits per heavy atom. The van der Waals surface area contributed by atoms with Crippen LogP contribution in [0.5, 0.6) is 5.75 Å². The molecule has 206 valence electrons. The number of hydrogen-bond donors (Lipinski definition) is 3. The van der Waals surface area contributed by atoms with Gasteiger partial charge in [-0.05, 0) is 44.7 Å². The molecule has 2 fully saturated rings. The van der Waals surface area contributed by atoms with Crippen LogP contribution in [0.15, 0.2) is 36.7 Å². The topological polar surface area (TPSA) is 165 Å². The molecule has 0 bridgehead atoms. The van der Waals surface area contributed by atoms with Gasteiger partial charge in [-0.15, -0.1) is 6.42 Å². The third-order valence-electron chi connectivity index (χ3n) is 6.15. The summed E-state index contributed by atoms with van der Waals surface area (Å²) < 4.78 is 38.0. The largest absolute Gasteiger partial charge is 0.459 e. The lowest BCUT2D eigenvalue weighted by molar-refractivity contribution is -0.143. The highest BCUT2D eigenvalue weighted by Crippen LogP contribution is 2.46. The van der Waals surface area contributed by atoms with Crippen molar-refractivity contribution >= 4 is 36.6 Å². The molecule has 1 aliphatic heterocycles. The zero-order valence-corrected chi connectivity index (χ0v) is 22.3. The number of anilines is 2. The number of nitrogens with one attached hydrogen (secondary N) is 2. The van der Waals surface area contributed by atoms with E-state index in [1.54, 1.807) is 36.7 Å². The average Bonchev–Trinajstić information content (AvgIpc) is 3.43. The lowest BCUT2D eigenvalue weighted by atomic mass is 10.2. The Labute approximate surface area is 225 Å². The summed E-state index contributed by atoms with van der Waals surface area (Å²) in [5.74, 6) is 2.59. The number of terminal acetylenes is 1. The molecule has 5 rings (SSSR count). The number of nitrogens with zero attached hydrogens (tertiary/aromatic N) is 4. The maximum absolute atomic E-state index is 13.7. The second kappa shape index (κ2) is 11.6. The maximum atomic E-state index is 13.7. The summed E-state index contributed by atoms with van der Waals surface area (Å²) in [6.45, 7) is 1.22. The Morgan fingerprint density at radius 3 is 2.82 bits per heavy atom. The SMILES string of the molecule is C#CCOC(=O)[C@H](C)N[P@](=O)(OC[C@@H]1CC[C@H](n2cnc3c(NC4CC4)nc(N)nc32)O1)Oc1ccccc1. The van der Waals surface area contributed by atoms with E-state index in [-0.39, 0.29) is 25.4 Å². The highest BCUT2D eigenvalue weighted by Gasteiger charge is 2.36. The number of fused-ring (bicyclic) bond motifs is 1. The van der Waals surface area contributed by atoms with Crippen molar-refractivity contribution in [2.45, 2.75) is 57.0 Å². The first-order valence-corrected chi connectivity index (χ1v) is 14.2. The van der Waals surface area contributed by atoms with Crippen LogP contribution in [0.3, 0.4) is 0 Å². The quantitative estimate of drug-likeness (QED) is 0.170. The first-order valence-electron chi connectivity index (χ1n) is 12.6. The first kappa shape index (κ1) is 26.9. The van der Waals surface area contributed by atoms with Crippen molar-refractivity contribution in [3.8, 4) is 18.1 Å². The fourth-order valence-electron chi connectivity index (χ4n) is 4.10. The van der Waals surface area contributed by atoms with E-state index < -0.39 is 25.9 Å². The van der Waals surface area contributed by atoms with Gasteiger partial charge in [-0.1, -0.05) is 24.1 Å². The normalized spacial score (nSPS) is 21.1. The van der Waals surface area contributed by atoms with Crippen molar-refractivity contribution in [2.75, 3.05) is 24.3 Å². The number of esters is 1. The van der Waals surface area contributed by atoms with Gasteiger partial charge in [-0.3, -0.25) is 13.9 Å². The van der Waals surface area contributed by atoms with Crippen LogP contribution in [0.1, 0.15) is 38.8 Å². The third-order valence-corrected chi connectivity index (χ3v) is 7.80. The van der Waals surface area contributed by atoms with Gasteiger partial charge in [-0.2, -0.15) is 15.1 Å². The van der Waals surface area contributed by atoms with E-state index in [0.29, 0.717) is 41.6 Å². The molecule has 1 aromatic carbocycles. The Kier molecular flexibility index (Phi) is 7.99. The van der Waals surface area contributed by atoms with Gasteiger partial charge >= 0.3 is 13.7 Å². The second-order valence-corrected chi connectivity index (χ2v) is 11.0. The molecule has 3 heterocycles. The van der Waals surface area contributed by atoms with E-state index in [4.69, 9.17) is 30.7 Å². The van der Waals surface area contributed by atoms with Gasteiger partial charge in [0, 0.05) is 6.04 Å². The third kappa shape index (κ3) is 6.66. The van der Waals surface area contributed by atoms with Crippen LogP contribution in [0.2, 0.25) is 0 Å². The molecule has 0 spiro atoms. The molecule has 2 aliphatic rings. The Bertz CT molecular complexity index is 1410. The number of nitrogen functional groups attached to an aromatic ring is 1. The molecule has 0 amide bonds. The van der Waals surface area contributed by atoms with E-state index in [2.05, 4.69) is 31.3 Å². The summed E-state index contributed by atoms with van der Waals surface area (Å²) in [6.07, 6.45) is 9.43. The fourth-order valence-corrected chi connectivity index (χ4v) is 5.62. The number of carbonyl (C=O) groups is 1. The van der Waals surface area contributed by atoms with Gasteiger partial charge in [0.1, 0.15) is 18.0 Å². The zero-order valence-electron chi connectivity index (χ0n) is 21.4. The van der Waals surface area contributed by atoms with Crippen LogP contribution in [0.4, 0.5) is 11.8 Å². The van der Waals surface area contributed by atoms with Gasteiger partial charge in [0.2, 0.25) is 5.95 Å². The van der Waals surface area contributed by atoms with Crippen LogP contribution in [0, 0.1) is 12.3 Å². The minimum atomic E-state index is -4.02. The van der Waals surface area contributed by atoms with Crippen molar-refractivity contribution in [1.82, 2.24) is 24.6 Å². The van der Waals surface area contributed by atoms with Gasteiger partial charge in [-0.25, -0.2) is 9.55 Å². The predicted octanol–water partition coefficient (Wildman–Crippen LogP) is 3.02. The number of carbonyl (C=O) groups excluding carboxylic acids is 1. The summed E-state index contributed by atoms with van der Waals surface area (Å²) in [5.41, 5.74) is 7.15. The van der Waals surface area contributed by atoms with Crippen molar-refractivity contribution in [3.63, 3.8) is 0 Å². The molecule has 0 unspecified atom stereocenters. The monoisotopic (exact) mass is 555 g/mol. The Balaban J connectivity index is 1.26. The van der Waals surface area contributed by atoms with Crippen LogP contribution in [-0.4, -0.2) is 56.9 Å². The highest BCUT2D eigenvalue weighted by molar-refractivity contribution is 7.52. The number of nitrogens with two attached hydrogens (primary N) is 1. The van der Waals surface area contributed by atoms with E-state index in [1.807, 2.05) is 4.57 Å². The summed E-state index contributed by atoms with van der Waals surface area (Å²) in [6, 6.07) is 7.88. The zero-order chi connectivity index (χ0) is 27.4. The lowest BCUT2D eigenvalue weighted by Crippen LogP contribution is -2.35. The second-order valence-electron chi connectivity index (χ2n) is 9.32. The number of ether oxygens (including phenoxy) is 2. The molecule has 1 aliphatic carbocycles. The molecular formula is C25H30N7O6P. The van der Waals surface area contributed by atoms with Crippen LogP contribution in [0.25, 0.3) is 11.2 Å². The minimum absolute atomic E-state index is 0.0576. The number of aromatic nitrogens is 4. The van der Waals surface area contributed by atoms with E-state index in [0.717, 1.165) is 12.8 Å². The first-order chi connectivity index (χ1) is 18.8. The summed E-state index contributed by atoms with van der Waals surface area (Å²) in [5, 5.41) is 5.97. The molecule has 39 heavy (non-hydrogen) atoms. The lowest BCUT2D eigenvalue weighted by Gasteiger charge is -2.24. The van der Waals surface area contributed by atoms with Crippen molar-refractivity contribution < 1.29 is 27.9 Å². The highest BCUT2D eigenvalue weighted by atomic mass is 31.2. The molecule has 0 radical (unpaired) electrons. The molecule has 1 saturated carbocycles. The molecule has 3 aromatic rings. The fraction of sp³-hybridized carbons (Fsp3) is 0.440. The van der Waals surface area contributed by atoms with Crippen LogP contribution >= 0.6 is 7.75 Å². The van der Waals surface area contributed by atoms with E-state index in [9.17, 15) is 9.36 Å². The maximum Gasteiger partial charge on any atom is 0.459 e. The molecule has 4 N–H and O–H groups in total. The van der Waals surface area contributed by atoms with Crippen molar-refractivity contribution in [2.24, 2.45) is 0 Å². The summed E-state index contributed by atoms with van der Waals surface area (Å²) in [4.78, 5) is 25.4. The molecule has 2 aromatic heterocycles. The molecule has 14 heteroatoms. The van der Waals surface area contributed by atoms with E-state index >= 15 is 0 Å². The standard InChI is InChI=1S/C25H30N7O6P/c1-3-13-35-24(33)16(2)31-39(34,38-18-7-5-4-6-8-18)36-14-19-11-12-20(37-19)32-15-27-21-22(28-17-9-10-17)29-25(26)30-23(21)32/h1,4-8,15-17,19-20H,9-14H2,2H3,(H,31,34)(H3,26,28,29,30)/t16-,19-,20+,39-/m0/s1. The van der Waals surface area contributed by atoms with Gasteiger partial charge in [0.05, 0.1) is 19.0 Å². The molecule has 1 saturated heterocycles. The van der Waals surface area contributed by atoms with Gasteiger partial charge in [0.25, 0.3) is 0 Å². The smallest absolute Gasteiger partial charge is 0.451 e. The predicted molar refractivity (Wildman–Crippen MR) is 143 cm³/mol. The van der Waals surface area contributed by atoms with Crippen LogP contribution < -0.4 is 20.7 Å². The Hall–Kier alpha value is -3.69. The van der Waals surface area contributed by atoms with Gasteiger partial charge in [0.15, 0.2) is 23.6 Å². The van der Waals surface area contributed by atoms with Crippen molar-refractivity contribution in [3.05, 3.63) is 36.7 Å². The minimum Gasteiger partial charge on any atom is -0.451 e. The number of hydrogen-bond acceptors (Lipinski definition) is 11. The molecular weight excluding hydrogens is 525 g/mol. The van der Waals surface area contributed by atoms with Gasteiger partial charge < -0.3 is 25.0 Å². The molecule has 13 nitrogen and oxygen atoms in total. The Morgan fingerprint density at radius 1 is 1.28 bits per heavy atom. The van der Waals surface area contributed by atoms with E-state index in [1.165, 1.54) is 6.92 Å². The summed E-state index contributed by atoms with van der Waals surface area (Å²) in [7, 11) is -4.02. The van der Waals surface area contributed by atoms with Crippen molar-refractivity contribution in [1.29, 1.82) is 0 Å². The molecule has 4 atom stereocenters. The average molecular weight is 556 g/mol. The number of rotatable bonds is 12. The van der Waals surface area contributed by atoms with Crippen LogP contribution in [-0.2, 0) is 23.4 Å². The number of para-hydroxylation sites is 1. The number of benzene rings is 1. The summed E-state index contributed by atoms with van der Waals surface area (Å²) >= 11 is 0. The number of imidazole rings is 1.